The molecule has 0 fully saturated rings. The van der Waals surface area contributed by atoms with Gasteiger partial charge in [0.05, 0.1) is 30.7 Å². The molecule has 0 saturated carbocycles. The van der Waals surface area contributed by atoms with Gasteiger partial charge in [0, 0.05) is 11.9 Å². The van der Waals surface area contributed by atoms with Gasteiger partial charge in [-0.05, 0) is 18.2 Å². The lowest BCUT2D eigenvalue weighted by Crippen LogP contribution is -2.38. The van der Waals surface area contributed by atoms with Gasteiger partial charge in [0.25, 0.3) is 5.56 Å². The number of benzene rings is 1. The van der Waals surface area contributed by atoms with Crippen LogP contribution in [-0.2, 0) is 17.9 Å². The van der Waals surface area contributed by atoms with Crippen LogP contribution in [0.25, 0.3) is 10.8 Å². The molecule has 28 heavy (non-hydrogen) atoms. The summed E-state index contributed by atoms with van der Waals surface area (Å²) < 4.78 is 6.08. The number of carbonyl (C=O) groups excluding carboxylic acids is 1. The number of nitriles is 1. The average Bonchev–Trinajstić information content (AvgIpc) is 3.20. The predicted molar refractivity (Wildman–Crippen MR) is 97.3 cm³/mol. The zero-order chi connectivity index (χ0) is 20.1. The van der Waals surface area contributed by atoms with Gasteiger partial charge >= 0.3 is 5.97 Å². The summed E-state index contributed by atoms with van der Waals surface area (Å²) in [6.07, 6.45) is 1.57. The van der Waals surface area contributed by atoms with Crippen molar-refractivity contribution in [1.29, 1.82) is 5.26 Å². The van der Waals surface area contributed by atoms with Crippen LogP contribution in [0, 0.1) is 11.3 Å². The molecule has 0 radical (unpaired) electrons. The normalized spacial score (nSPS) is 10.5. The van der Waals surface area contributed by atoms with Gasteiger partial charge in [-0.2, -0.15) is 10.4 Å². The molecule has 0 aliphatic carbocycles. The Balaban J connectivity index is 1.94. The maximum absolute atomic E-state index is 12.7. The lowest BCUT2D eigenvalue weighted by Gasteiger charge is -2.21. The van der Waals surface area contributed by atoms with E-state index in [1.54, 1.807) is 24.3 Å². The highest BCUT2D eigenvalue weighted by atomic mass is 16.4. The molecule has 0 bridgehead atoms. The van der Waals surface area contributed by atoms with Crippen LogP contribution in [0.1, 0.15) is 22.7 Å². The molecule has 0 unspecified atom stereocenters. The Morgan fingerprint density at radius 1 is 1.21 bits per heavy atom. The topological polar surface area (TPSA) is 129 Å². The highest BCUT2D eigenvalue weighted by molar-refractivity contribution is 6.01. The average molecular weight is 380 g/mol. The van der Waals surface area contributed by atoms with Crippen molar-refractivity contribution in [2.45, 2.75) is 19.5 Å². The molecule has 2 aromatic heterocycles. The number of aromatic nitrogens is 2. The third-order valence-electron chi connectivity index (χ3n) is 4.13. The summed E-state index contributed by atoms with van der Waals surface area (Å²) in [6, 6.07) is 11.5. The van der Waals surface area contributed by atoms with Gasteiger partial charge in [0.15, 0.2) is 5.69 Å². The van der Waals surface area contributed by atoms with Gasteiger partial charge in [0.2, 0.25) is 5.91 Å². The molecule has 0 spiro atoms. The number of carbonyl (C=O) groups is 2. The van der Waals surface area contributed by atoms with Gasteiger partial charge in [0.1, 0.15) is 12.3 Å². The molecule has 0 aliphatic heterocycles. The number of carboxylic acid groups (broad SMARTS) is 1. The van der Waals surface area contributed by atoms with Crippen molar-refractivity contribution in [3.8, 4) is 6.07 Å². The van der Waals surface area contributed by atoms with Crippen LogP contribution in [0.15, 0.2) is 51.9 Å². The van der Waals surface area contributed by atoms with Gasteiger partial charge in [-0.1, -0.05) is 18.2 Å². The van der Waals surface area contributed by atoms with E-state index in [0.717, 1.165) is 4.68 Å². The van der Waals surface area contributed by atoms with Crippen molar-refractivity contribution in [3.05, 3.63) is 64.5 Å². The van der Waals surface area contributed by atoms with E-state index >= 15 is 0 Å². The van der Waals surface area contributed by atoms with Crippen molar-refractivity contribution >= 4 is 22.6 Å². The van der Waals surface area contributed by atoms with E-state index in [9.17, 15) is 19.5 Å². The van der Waals surface area contributed by atoms with E-state index in [1.807, 2.05) is 6.07 Å². The highest BCUT2D eigenvalue weighted by Crippen LogP contribution is 2.13. The first kappa shape index (κ1) is 18.8. The van der Waals surface area contributed by atoms with Crippen LogP contribution in [-0.4, -0.2) is 38.2 Å². The Bertz CT molecular complexity index is 1110. The molecular weight excluding hydrogens is 364 g/mol. The van der Waals surface area contributed by atoms with Gasteiger partial charge in [-0.3, -0.25) is 9.59 Å². The molecule has 1 aromatic carbocycles. The Hall–Kier alpha value is -3.93. The van der Waals surface area contributed by atoms with E-state index in [4.69, 9.17) is 9.68 Å². The Morgan fingerprint density at radius 2 is 1.96 bits per heavy atom. The maximum Gasteiger partial charge on any atom is 0.357 e. The van der Waals surface area contributed by atoms with Crippen LogP contribution < -0.4 is 5.56 Å². The Kier molecular flexibility index (Phi) is 5.50. The molecule has 9 nitrogen and oxygen atoms in total. The molecule has 142 valence electrons. The lowest BCUT2D eigenvalue weighted by atomic mass is 10.1. The quantitative estimate of drug-likeness (QED) is 0.659. The number of amides is 1. The number of aromatic carboxylic acids is 1. The molecule has 0 aliphatic rings. The second-order valence-corrected chi connectivity index (χ2v) is 5.96. The van der Waals surface area contributed by atoms with Crippen LogP contribution >= 0.6 is 0 Å². The van der Waals surface area contributed by atoms with E-state index < -0.39 is 24.0 Å². The van der Waals surface area contributed by atoms with Crippen molar-refractivity contribution in [3.63, 3.8) is 0 Å². The smallest absolute Gasteiger partial charge is 0.357 e. The van der Waals surface area contributed by atoms with Crippen LogP contribution in [0.4, 0.5) is 0 Å². The molecule has 1 amide bonds. The van der Waals surface area contributed by atoms with Crippen molar-refractivity contribution < 1.29 is 19.1 Å². The molecule has 9 heteroatoms. The first-order valence-corrected chi connectivity index (χ1v) is 8.41. The first-order chi connectivity index (χ1) is 13.5. The summed E-state index contributed by atoms with van der Waals surface area (Å²) in [5, 5.41) is 22.5. The number of hydrogen-bond donors (Lipinski definition) is 1. The second-order valence-electron chi connectivity index (χ2n) is 5.96. The van der Waals surface area contributed by atoms with Crippen LogP contribution in [0.5, 0.6) is 0 Å². The molecule has 3 aromatic rings. The van der Waals surface area contributed by atoms with E-state index in [-0.39, 0.29) is 36.0 Å². The second kappa shape index (κ2) is 8.18. The van der Waals surface area contributed by atoms with Crippen molar-refractivity contribution in [2.24, 2.45) is 0 Å². The fourth-order valence-electron chi connectivity index (χ4n) is 2.80. The summed E-state index contributed by atoms with van der Waals surface area (Å²) in [7, 11) is 0. The standard InChI is InChI=1S/C19H16N4O5/c20-8-4-9-22(11-13-5-3-10-28-13)16(24)12-23-18(25)15-7-2-1-6-14(15)17(21-23)19(26)27/h1-3,5-7,10H,4,9,11-12H2,(H,26,27). The fourth-order valence-corrected chi connectivity index (χ4v) is 2.80. The number of hydrogen-bond acceptors (Lipinski definition) is 6. The monoisotopic (exact) mass is 380 g/mol. The number of carboxylic acids is 1. The minimum Gasteiger partial charge on any atom is -0.476 e. The number of rotatable bonds is 7. The summed E-state index contributed by atoms with van der Waals surface area (Å²) in [5.74, 6) is -1.25. The van der Waals surface area contributed by atoms with E-state index in [2.05, 4.69) is 5.10 Å². The summed E-state index contributed by atoms with van der Waals surface area (Å²) in [5.41, 5.74) is -0.871. The number of fused-ring (bicyclic) bond motifs is 1. The fraction of sp³-hybridized carbons (Fsp3) is 0.211. The lowest BCUT2D eigenvalue weighted by molar-refractivity contribution is -0.133. The first-order valence-electron chi connectivity index (χ1n) is 8.41. The van der Waals surface area contributed by atoms with Gasteiger partial charge in [-0.15, -0.1) is 0 Å². The highest BCUT2D eigenvalue weighted by Gasteiger charge is 2.20. The maximum atomic E-state index is 12.7. The third-order valence-corrected chi connectivity index (χ3v) is 4.13. The largest absolute Gasteiger partial charge is 0.476 e. The zero-order valence-corrected chi connectivity index (χ0v) is 14.7. The molecule has 1 N–H and O–H groups in total. The summed E-state index contributed by atoms with van der Waals surface area (Å²) in [6.45, 7) is -0.179. The molecule has 3 rings (SSSR count). The zero-order valence-electron chi connectivity index (χ0n) is 14.7. The minimum atomic E-state index is -1.30. The molecule has 0 atom stereocenters. The van der Waals surface area contributed by atoms with Gasteiger partial charge in [-0.25, -0.2) is 9.48 Å². The van der Waals surface area contributed by atoms with E-state index in [0.29, 0.717) is 5.76 Å². The summed E-state index contributed by atoms with van der Waals surface area (Å²) >= 11 is 0. The van der Waals surface area contributed by atoms with Crippen LogP contribution in [0.3, 0.4) is 0 Å². The third kappa shape index (κ3) is 3.91. The number of nitrogens with zero attached hydrogens (tertiary/aromatic N) is 4. The van der Waals surface area contributed by atoms with E-state index in [1.165, 1.54) is 23.3 Å². The van der Waals surface area contributed by atoms with Crippen molar-refractivity contribution in [2.75, 3.05) is 6.54 Å². The van der Waals surface area contributed by atoms with Gasteiger partial charge < -0.3 is 14.4 Å². The van der Waals surface area contributed by atoms with Crippen molar-refractivity contribution in [1.82, 2.24) is 14.7 Å². The predicted octanol–water partition coefficient (Wildman–Crippen LogP) is 1.63. The Labute approximate surface area is 159 Å². The Morgan fingerprint density at radius 3 is 2.61 bits per heavy atom. The van der Waals surface area contributed by atoms with Crippen LogP contribution in [0.2, 0.25) is 0 Å². The molecule has 0 saturated heterocycles. The molecular formula is C19H16N4O5. The molecule has 2 heterocycles. The SMILES string of the molecule is N#CCCN(Cc1ccco1)C(=O)Cn1nc(C(=O)O)c2ccccc2c1=O. The minimum absolute atomic E-state index is 0.104. The number of furan rings is 1. The summed E-state index contributed by atoms with van der Waals surface area (Å²) in [4.78, 5) is 38.3.